The Balaban J connectivity index is 1.52. The lowest BCUT2D eigenvalue weighted by molar-refractivity contribution is -0.133. The Morgan fingerprint density at radius 1 is 1.25 bits per heavy atom. The highest BCUT2D eigenvalue weighted by Crippen LogP contribution is 2.32. The van der Waals surface area contributed by atoms with Crippen LogP contribution < -0.4 is 10.6 Å². The van der Waals surface area contributed by atoms with Crippen LogP contribution in [-0.2, 0) is 4.79 Å². The van der Waals surface area contributed by atoms with Crippen LogP contribution in [0.15, 0.2) is 18.6 Å². The summed E-state index contributed by atoms with van der Waals surface area (Å²) in [5.74, 6) is 1.08. The number of aromatic nitrogens is 2. The van der Waals surface area contributed by atoms with Gasteiger partial charge in [0.1, 0.15) is 5.82 Å². The van der Waals surface area contributed by atoms with Gasteiger partial charge in [0.25, 0.3) is 0 Å². The molecule has 1 aromatic rings. The number of piperazine rings is 1. The van der Waals surface area contributed by atoms with Gasteiger partial charge in [0.15, 0.2) is 0 Å². The van der Waals surface area contributed by atoms with Gasteiger partial charge in [-0.3, -0.25) is 9.78 Å². The molecule has 0 atom stereocenters. The van der Waals surface area contributed by atoms with Gasteiger partial charge in [0, 0.05) is 50.5 Å². The molecule has 2 heterocycles. The molecule has 2 fully saturated rings. The Morgan fingerprint density at radius 2 is 2.00 bits per heavy atom. The Kier molecular flexibility index (Phi) is 3.56. The first-order valence-electron chi connectivity index (χ1n) is 7.24. The van der Waals surface area contributed by atoms with Gasteiger partial charge in [0.05, 0.1) is 6.20 Å². The summed E-state index contributed by atoms with van der Waals surface area (Å²) >= 11 is 0. The van der Waals surface area contributed by atoms with Gasteiger partial charge in [-0.15, -0.1) is 0 Å². The fourth-order valence-electron chi connectivity index (χ4n) is 2.86. The van der Waals surface area contributed by atoms with E-state index >= 15 is 0 Å². The van der Waals surface area contributed by atoms with E-state index in [9.17, 15) is 4.79 Å². The maximum Gasteiger partial charge on any atom is 0.224 e. The number of hydrogen-bond donors (Lipinski definition) is 1. The van der Waals surface area contributed by atoms with Crippen LogP contribution in [0.25, 0.3) is 0 Å². The second kappa shape index (κ2) is 5.36. The van der Waals surface area contributed by atoms with Crippen molar-refractivity contribution < 1.29 is 4.79 Å². The molecular formula is C14H21N5O. The van der Waals surface area contributed by atoms with Crippen LogP contribution in [0.3, 0.4) is 0 Å². The molecule has 1 amide bonds. The molecule has 108 valence electrons. The standard InChI is InChI=1S/C14H21N5O/c15-14(2-1-3-14)10-13(20)19-8-6-18(7-9-19)12-11-16-4-5-17-12/h4-5,11H,1-3,6-10,15H2. The third-order valence-corrected chi connectivity index (χ3v) is 4.36. The molecule has 2 N–H and O–H groups in total. The molecule has 1 aliphatic heterocycles. The number of rotatable bonds is 3. The average molecular weight is 275 g/mol. The first kappa shape index (κ1) is 13.3. The minimum atomic E-state index is -0.223. The molecule has 3 rings (SSSR count). The number of hydrogen-bond acceptors (Lipinski definition) is 5. The van der Waals surface area contributed by atoms with E-state index in [0.29, 0.717) is 6.42 Å². The quantitative estimate of drug-likeness (QED) is 0.864. The van der Waals surface area contributed by atoms with E-state index in [0.717, 1.165) is 51.3 Å². The fraction of sp³-hybridized carbons (Fsp3) is 0.643. The summed E-state index contributed by atoms with van der Waals surface area (Å²) in [6.45, 7) is 3.10. The number of carbonyl (C=O) groups is 1. The van der Waals surface area contributed by atoms with Gasteiger partial charge in [0.2, 0.25) is 5.91 Å². The SMILES string of the molecule is NC1(CC(=O)N2CCN(c3cnccn3)CC2)CCC1. The predicted molar refractivity (Wildman–Crippen MR) is 76.2 cm³/mol. The van der Waals surface area contributed by atoms with Crippen molar-refractivity contribution >= 4 is 11.7 Å². The molecule has 1 aromatic heterocycles. The monoisotopic (exact) mass is 275 g/mol. The van der Waals surface area contributed by atoms with Gasteiger partial charge in [-0.1, -0.05) is 0 Å². The first-order valence-corrected chi connectivity index (χ1v) is 7.24. The van der Waals surface area contributed by atoms with Gasteiger partial charge < -0.3 is 15.5 Å². The van der Waals surface area contributed by atoms with Crippen LogP contribution in [-0.4, -0.2) is 52.5 Å². The van der Waals surface area contributed by atoms with Crippen LogP contribution in [0.1, 0.15) is 25.7 Å². The Morgan fingerprint density at radius 3 is 2.55 bits per heavy atom. The maximum absolute atomic E-state index is 12.2. The van der Waals surface area contributed by atoms with Crippen molar-refractivity contribution in [1.29, 1.82) is 0 Å². The zero-order valence-electron chi connectivity index (χ0n) is 11.7. The van der Waals surface area contributed by atoms with Gasteiger partial charge in [-0.05, 0) is 19.3 Å². The van der Waals surface area contributed by atoms with E-state index < -0.39 is 0 Å². The van der Waals surface area contributed by atoms with Crippen molar-refractivity contribution in [2.75, 3.05) is 31.1 Å². The van der Waals surface area contributed by atoms with E-state index in [4.69, 9.17) is 5.73 Å². The molecule has 0 bridgehead atoms. The minimum Gasteiger partial charge on any atom is -0.352 e. The van der Waals surface area contributed by atoms with Gasteiger partial charge >= 0.3 is 0 Å². The largest absolute Gasteiger partial charge is 0.352 e. The summed E-state index contributed by atoms with van der Waals surface area (Å²) in [6, 6.07) is 0. The molecule has 1 aliphatic carbocycles. The molecule has 1 saturated carbocycles. The molecular weight excluding hydrogens is 254 g/mol. The van der Waals surface area contributed by atoms with Gasteiger partial charge in [-0.25, -0.2) is 4.98 Å². The van der Waals surface area contributed by atoms with Crippen LogP contribution in [0.4, 0.5) is 5.82 Å². The Labute approximate surface area is 119 Å². The predicted octanol–water partition coefficient (Wildman–Crippen LogP) is 0.397. The summed E-state index contributed by atoms with van der Waals surface area (Å²) in [5, 5.41) is 0. The molecule has 1 saturated heterocycles. The molecule has 6 nitrogen and oxygen atoms in total. The van der Waals surface area contributed by atoms with Crippen molar-refractivity contribution in [3.05, 3.63) is 18.6 Å². The highest BCUT2D eigenvalue weighted by Gasteiger charge is 2.36. The second-order valence-corrected chi connectivity index (χ2v) is 5.82. The molecule has 2 aliphatic rings. The van der Waals surface area contributed by atoms with Crippen LogP contribution in [0, 0.1) is 0 Å². The number of anilines is 1. The summed E-state index contributed by atoms with van der Waals surface area (Å²) in [6.07, 6.45) is 8.75. The smallest absolute Gasteiger partial charge is 0.224 e. The third kappa shape index (κ3) is 2.75. The molecule has 0 spiro atoms. The summed E-state index contributed by atoms with van der Waals surface area (Å²) in [7, 11) is 0. The van der Waals surface area contributed by atoms with Crippen molar-refractivity contribution in [3.63, 3.8) is 0 Å². The Hall–Kier alpha value is -1.69. The van der Waals surface area contributed by atoms with Crippen LogP contribution in [0.2, 0.25) is 0 Å². The average Bonchev–Trinajstić information content (AvgIpc) is 2.47. The summed E-state index contributed by atoms with van der Waals surface area (Å²) in [5.41, 5.74) is 5.93. The maximum atomic E-state index is 12.2. The number of nitrogens with zero attached hydrogens (tertiary/aromatic N) is 4. The zero-order valence-corrected chi connectivity index (χ0v) is 11.7. The summed E-state index contributed by atoms with van der Waals surface area (Å²) < 4.78 is 0. The molecule has 0 radical (unpaired) electrons. The Bertz CT molecular complexity index is 466. The first-order chi connectivity index (χ1) is 9.66. The lowest BCUT2D eigenvalue weighted by Gasteiger charge is -2.41. The van der Waals surface area contributed by atoms with E-state index in [1.807, 2.05) is 4.90 Å². The molecule has 6 heteroatoms. The van der Waals surface area contributed by atoms with Crippen LogP contribution in [0.5, 0.6) is 0 Å². The lowest BCUT2D eigenvalue weighted by atomic mass is 9.75. The number of amides is 1. The topological polar surface area (TPSA) is 75.4 Å². The van der Waals surface area contributed by atoms with E-state index in [1.54, 1.807) is 18.6 Å². The normalized spacial score (nSPS) is 21.4. The fourth-order valence-corrected chi connectivity index (χ4v) is 2.86. The van der Waals surface area contributed by atoms with Crippen molar-refractivity contribution in [2.45, 2.75) is 31.2 Å². The highest BCUT2D eigenvalue weighted by atomic mass is 16.2. The lowest BCUT2D eigenvalue weighted by Crippen LogP contribution is -2.54. The molecule has 20 heavy (non-hydrogen) atoms. The van der Waals surface area contributed by atoms with Gasteiger partial charge in [-0.2, -0.15) is 0 Å². The second-order valence-electron chi connectivity index (χ2n) is 5.82. The van der Waals surface area contributed by atoms with Crippen molar-refractivity contribution in [1.82, 2.24) is 14.9 Å². The third-order valence-electron chi connectivity index (χ3n) is 4.36. The zero-order chi connectivity index (χ0) is 14.0. The molecule has 0 aromatic carbocycles. The highest BCUT2D eigenvalue weighted by molar-refractivity contribution is 5.78. The molecule has 0 unspecified atom stereocenters. The van der Waals surface area contributed by atoms with E-state index in [2.05, 4.69) is 14.9 Å². The number of nitrogens with two attached hydrogens (primary N) is 1. The van der Waals surface area contributed by atoms with E-state index in [1.165, 1.54) is 0 Å². The van der Waals surface area contributed by atoms with Crippen molar-refractivity contribution in [3.8, 4) is 0 Å². The summed E-state index contributed by atoms with van der Waals surface area (Å²) in [4.78, 5) is 24.7. The minimum absolute atomic E-state index is 0.200. The number of carbonyl (C=O) groups excluding carboxylic acids is 1. The van der Waals surface area contributed by atoms with E-state index in [-0.39, 0.29) is 11.4 Å². The van der Waals surface area contributed by atoms with Crippen molar-refractivity contribution in [2.24, 2.45) is 5.73 Å². The van der Waals surface area contributed by atoms with Crippen LogP contribution >= 0.6 is 0 Å².